The number of carbonyl (C=O) groups excluding carboxylic acids is 2. The summed E-state index contributed by atoms with van der Waals surface area (Å²) >= 11 is 0. The Balaban J connectivity index is 2.88. The monoisotopic (exact) mass is 299 g/mol. The van der Waals surface area contributed by atoms with Gasteiger partial charge in [-0.25, -0.2) is 9.59 Å². The van der Waals surface area contributed by atoms with Crippen LogP contribution in [0.5, 0.6) is 0 Å². The molecule has 21 heavy (non-hydrogen) atoms. The number of rotatable bonds is 5. The van der Waals surface area contributed by atoms with Crippen LogP contribution >= 0.6 is 0 Å². The lowest BCUT2D eigenvalue weighted by molar-refractivity contribution is -0.145. The van der Waals surface area contributed by atoms with Crippen LogP contribution in [-0.4, -0.2) is 46.0 Å². The van der Waals surface area contributed by atoms with Crippen molar-refractivity contribution in [2.45, 2.75) is 64.0 Å². The lowest BCUT2D eigenvalue weighted by Gasteiger charge is -2.34. The van der Waals surface area contributed by atoms with Gasteiger partial charge < -0.3 is 21.1 Å². The van der Waals surface area contributed by atoms with E-state index in [1.165, 1.54) is 4.90 Å². The third-order valence-corrected chi connectivity index (χ3v) is 3.92. The molecule has 1 saturated carbocycles. The van der Waals surface area contributed by atoms with E-state index in [-0.39, 0.29) is 12.6 Å². The van der Waals surface area contributed by atoms with Crippen LogP contribution in [0.25, 0.3) is 0 Å². The Labute approximate surface area is 124 Å². The molecule has 0 aliphatic heterocycles. The first-order chi connectivity index (χ1) is 9.78. The summed E-state index contributed by atoms with van der Waals surface area (Å²) in [5, 5.41) is 12.2. The minimum absolute atomic E-state index is 0.223. The summed E-state index contributed by atoms with van der Waals surface area (Å²) in [5.41, 5.74) is 3.91. The zero-order valence-corrected chi connectivity index (χ0v) is 12.7. The number of amides is 3. The van der Waals surface area contributed by atoms with Gasteiger partial charge in [0.05, 0.1) is 0 Å². The summed E-state index contributed by atoms with van der Waals surface area (Å²) in [6.07, 6.45) is 4.31. The van der Waals surface area contributed by atoms with Crippen molar-refractivity contribution in [3.63, 3.8) is 0 Å². The third-order valence-electron chi connectivity index (χ3n) is 3.92. The van der Waals surface area contributed by atoms with E-state index in [1.54, 1.807) is 13.8 Å². The number of aliphatic carboxylic acids is 1. The molecule has 0 radical (unpaired) electrons. The van der Waals surface area contributed by atoms with Crippen LogP contribution in [0.4, 0.5) is 4.79 Å². The maximum Gasteiger partial charge on any atom is 0.329 e. The predicted molar refractivity (Wildman–Crippen MR) is 77.6 cm³/mol. The van der Waals surface area contributed by atoms with Crippen molar-refractivity contribution in [1.29, 1.82) is 0 Å². The first kappa shape index (κ1) is 17.3. The molecule has 0 aromatic carbocycles. The first-order valence-corrected chi connectivity index (χ1v) is 7.39. The SMILES string of the molecule is CC(C)N(CC(N)=O)C(=O)NC1(C(=O)O)CCCCCC1. The second-order valence-electron chi connectivity index (χ2n) is 5.92. The number of hydrogen-bond donors (Lipinski definition) is 3. The maximum atomic E-state index is 12.4. The quantitative estimate of drug-likeness (QED) is 0.659. The summed E-state index contributed by atoms with van der Waals surface area (Å²) in [4.78, 5) is 36.3. The molecule has 0 atom stereocenters. The molecule has 120 valence electrons. The van der Waals surface area contributed by atoms with Gasteiger partial charge in [-0.15, -0.1) is 0 Å². The van der Waals surface area contributed by atoms with Gasteiger partial charge in [-0.3, -0.25) is 4.79 Å². The van der Waals surface area contributed by atoms with E-state index in [0.29, 0.717) is 12.8 Å². The van der Waals surface area contributed by atoms with E-state index in [1.807, 2.05) is 0 Å². The highest BCUT2D eigenvalue weighted by Gasteiger charge is 2.41. The molecular weight excluding hydrogens is 274 g/mol. The van der Waals surface area contributed by atoms with Gasteiger partial charge in [-0.05, 0) is 26.7 Å². The molecule has 4 N–H and O–H groups in total. The molecule has 0 heterocycles. The fourth-order valence-corrected chi connectivity index (χ4v) is 2.66. The molecule has 0 bridgehead atoms. The number of nitrogens with two attached hydrogens (primary N) is 1. The summed E-state index contributed by atoms with van der Waals surface area (Å²) in [7, 11) is 0. The lowest BCUT2D eigenvalue weighted by Crippen LogP contribution is -2.59. The van der Waals surface area contributed by atoms with Crippen molar-refractivity contribution in [3.05, 3.63) is 0 Å². The van der Waals surface area contributed by atoms with Crippen molar-refractivity contribution < 1.29 is 19.5 Å². The van der Waals surface area contributed by atoms with Crippen LogP contribution in [0.3, 0.4) is 0 Å². The molecule has 1 rings (SSSR count). The molecule has 0 aromatic rings. The Morgan fingerprint density at radius 3 is 2.10 bits per heavy atom. The Bertz CT molecular complexity index is 401. The number of hydrogen-bond acceptors (Lipinski definition) is 3. The molecule has 1 fully saturated rings. The second kappa shape index (κ2) is 7.28. The number of urea groups is 1. The molecular formula is C14H25N3O4. The van der Waals surface area contributed by atoms with E-state index < -0.39 is 23.4 Å². The topological polar surface area (TPSA) is 113 Å². The Hall–Kier alpha value is -1.79. The van der Waals surface area contributed by atoms with E-state index in [9.17, 15) is 19.5 Å². The minimum atomic E-state index is -1.24. The van der Waals surface area contributed by atoms with Gasteiger partial charge in [0, 0.05) is 6.04 Å². The number of primary amides is 1. The second-order valence-corrected chi connectivity index (χ2v) is 5.92. The van der Waals surface area contributed by atoms with Crippen LogP contribution in [0.1, 0.15) is 52.4 Å². The highest BCUT2D eigenvalue weighted by molar-refractivity contribution is 5.88. The zero-order chi connectivity index (χ0) is 16.0. The van der Waals surface area contributed by atoms with Gasteiger partial charge in [-0.1, -0.05) is 25.7 Å². The van der Waals surface area contributed by atoms with Gasteiger partial charge in [-0.2, -0.15) is 0 Å². The number of nitrogens with zero attached hydrogens (tertiary/aromatic N) is 1. The van der Waals surface area contributed by atoms with E-state index in [0.717, 1.165) is 25.7 Å². The van der Waals surface area contributed by atoms with Crippen LogP contribution in [-0.2, 0) is 9.59 Å². The average Bonchev–Trinajstić information content (AvgIpc) is 2.61. The van der Waals surface area contributed by atoms with Gasteiger partial charge in [0.15, 0.2) is 0 Å². The summed E-state index contributed by atoms with van der Waals surface area (Å²) in [6.45, 7) is 3.28. The van der Waals surface area contributed by atoms with Gasteiger partial charge in [0.1, 0.15) is 12.1 Å². The molecule has 7 heteroatoms. The third kappa shape index (κ3) is 4.61. The average molecular weight is 299 g/mol. The van der Waals surface area contributed by atoms with E-state index in [2.05, 4.69) is 5.32 Å². The van der Waals surface area contributed by atoms with Crippen molar-refractivity contribution in [2.24, 2.45) is 5.73 Å². The molecule has 1 aliphatic rings. The highest BCUT2D eigenvalue weighted by atomic mass is 16.4. The first-order valence-electron chi connectivity index (χ1n) is 7.39. The van der Waals surface area contributed by atoms with Crippen molar-refractivity contribution in [2.75, 3.05) is 6.54 Å². The molecule has 0 saturated heterocycles. The predicted octanol–water partition coefficient (Wildman–Crippen LogP) is 1.07. The van der Waals surface area contributed by atoms with Gasteiger partial charge in [0.2, 0.25) is 5.91 Å². The Morgan fingerprint density at radius 1 is 1.19 bits per heavy atom. The van der Waals surface area contributed by atoms with Crippen molar-refractivity contribution in [3.8, 4) is 0 Å². The van der Waals surface area contributed by atoms with E-state index in [4.69, 9.17) is 5.73 Å². The normalized spacial score (nSPS) is 17.9. The molecule has 0 spiro atoms. The number of nitrogens with one attached hydrogen (secondary N) is 1. The smallest absolute Gasteiger partial charge is 0.329 e. The summed E-state index contributed by atoms with van der Waals surface area (Å²) in [5.74, 6) is -1.63. The number of carboxylic acids is 1. The maximum absolute atomic E-state index is 12.4. The number of carbonyl (C=O) groups is 3. The van der Waals surface area contributed by atoms with Crippen LogP contribution in [0.2, 0.25) is 0 Å². The fraction of sp³-hybridized carbons (Fsp3) is 0.786. The van der Waals surface area contributed by atoms with Crippen LogP contribution in [0, 0.1) is 0 Å². The Morgan fingerprint density at radius 2 is 1.71 bits per heavy atom. The van der Waals surface area contributed by atoms with Crippen molar-refractivity contribution >= 4 is 17.9 Å². The highest BCUT2D eigenvalue weighted by Crippen LogP contribution is 2.27. The minimum Gasteiger partial charge on any atom is -0.480 e. The molecule has 0 aromatic heterocycles. The van der Waals surface area contributed by atoms with Crippen LogP contribution in [0.15, 0.2) is 0 Å². The Kier molecular flexibility index (Phi) is 5.99. The van der Waals surface area contributed by atoms with Crippen LogP contribution < -0.4 is 11.1 Å². The molecule has 1 aliphatic carbocycles. The fourth-order valence-electron chi connectivity index (χ4n) is 2.66. The summed E-state index contributed by atoms with van der Waals surface area (Å²) < 4.78 is 0. The molecule has 0 unspecified atom stereocenters. The lowest BCUT2D eigenvalue weighted by atomic mass is 9.90. The van der Waals surface area contributed by atoms with E-state index >= 15 is 0 Å². The molecule has 3 amide bonds. The van der Waals surface area contributed by atoms with Gasteiger partial charge >= 0.3 is 12.0 Å². The zero-order valence-electron chi connectivity index (χ0n) is 12.7. The standard InChI is InChI=1S/C14H25N3O4/c1-10(2)17(9-11(15)18)13(21)16-14(12(19)20)7-5-3-4-6-8-14/h10H,3-9H2,1-2H3,(H2,15,18)(H,16,21)(H,19,20). The largest absolute Gasteiger partial charge is 0.480 e. The molecule has 7 nitrogen and oxygen atoms in total. The summed E-state index contributed by atoms with van der Waals surface area (Å²) in [6, 6.07) is -0.790. The van der Waals surface area contributed by atoms with Crippen molar-refractivity contribution in [1.82, 2.24) is 10.2 Å². The van der Waals surface area contributed by atoms with Gasteiger partial charge in [0.25, 0.3) is 0 Å². The number of carboxylic acid groups (broad SMARTS) is 1.